The van der Waals surface area contributed by atoms with Gasteiger partial charge in [0.1, 0.15) is 122 Å². The number of allylic oxidation sites excluding steroid dienone is 1. The minimum atomic E-state index is -2.16. The third kappa shape index (κ3) is 29.5. The first-order valence-electron chi connectivity index (χ1n) is 38.5. The highest BCUT2D eigenvalue weighted by Gasteiger charge is 2.57. The van der Waals surface area contributed by atoms with E-state index in [9.17, 15) is 91.0 Å². The van der Waals surface area contributed by atoms with Gasteiger partial charge in [-0.05, 0) is 19.3 Å². The van der Waals surface area contributed by atoms with E-state index in [1.165, 1.54) is 122 Å². The summed E-state index contributed by atoms with van der Waals surface area (Å²) in [7, 11) is 0. The van der Waals surface area contributed by atoms with Crippen LogP contribution in [0.4, 0.5) is 0 Å². The van der Waals surface area contributed by atoms with E-state index >= 15 is 0 Å². The van der Waals surface area contributed by atoms with Gasteiger partial charge in [-0.25, -0.2) is 0 Å². The van der Waals surface area contributed by atoms with Crippen molar-refractivity contribution < 1.29 is 138 Å². The van der Waals surface area contributed by atoms with Crippen molar-refractivity contribution in [2.24, 2.45) is 0 Å². The Kier molecular flexibility index (Phi) is 44.1. The fourth-order valence-corrected chi connectivity index (χ4v) is 14.0. The van der Waals surface area contributed by atoms with E-state index < -0.39 is 217 Å². The quantitative estimate of drug-likeness (QED) is 0.0292. The van der Waals surface area contributed by atoms with Crippen molar-refractivity contribution in [1.82, 2.24) is 16.0 Å². The van der Waals surface area contributed by atoms with Crippen molar-refractivity contribution in [2.75, 3.05) is 39.6 Å². The standard InChI is InChI=1S/C72H131N3O28/c1-5-7-9-11-13-15-17-19-20-21-22-24-26-28-30-32-34-36-52(84)75-45(46(83)35-33-31-29-27-25-23-18-16-14-12-10-8-6-2)42-94-70-61(91)60(90)65(51(41-80)99-70)101-72-63(93)67(57(87)49(39-78)97-72)103-69-54(74-44(4)82)59(89)64(50(40-79)98-69)100-71-62(92)66(56(86)48(38-77)96-71)102-68-53(73-43(3)81)58(88)55(85)47(37-76)95-68/h33,35,45-51,53-72,76-80,83,85-93H,5-32,34,36-42H2,1-4H3,(H,73,81)(H,74,82)(H,75,84)/b35-33+/t45-,46+,47?,48?,49?,50?,51?,53?,54?,55+,56-,57-,58+,59+,60+,61?,62?,63?,64+,65+,66-,67-,68+,69-,70+,71-,72-/m0/s1. The first-order chi connectivity index (χ1) is 49.6. The molecule has 27 atom stereocenters. The van der Waals surface area contributed by atoms with Gasteiger partial charge in [0.2, 0.25) is 17.7 Å². The maximum Gasteiger partial charge on any atom is 0.220 e. The minimum Gasteiger partial charge on any atom is -0.394 e. The van der Waals surface area contributed by atoms with Crippen molar-refractivity contribution in [1.29, 1.82) is 0 Å². The molecule has 31 nitrogen and oxygen atoms in total. The summed E-state index contributed by atoms with van der Waals surface area (Å²) in [4.78, 5) is 38.5. The Hall–Kier alpha value is -2.85. The zero-order valence-corrected chi connectivity index (χ0v) is 61.2. The summed E-state index contributed by atoms with van der Waals surface area (Å²) in [6.45, 7) is 1.39. The number of amides is 3. The van der Waals surface area contributed by atoms with Gasteiger partial charge in [-0.3, -0.25) is 14.4 Å². The fraction of sp³-hybridized carbons (Fsp3) is 0.931. The Morgan fingerprint density at radius 2 is 0.718 bits per heavy atom. The highest BCUT2D eigenvalue weighted by Crippen LogP contribution is 2.37. The molecule has 0 aromatic carbocycles. The van der Waals surface area contributed by atoms with Gasteiger partial charge in [0.15, 0.2) is 31.5 Å². The number of ether oxygens (including phenoxy) is 10. The lowest BCUT2D eigenvalue weighted by atomic mass is 9.94. The van der Waals surface area contributed by atoms with E-state index in [0.29, 0.717) is 12.8 Å². The molecule has 10 unspecified atom stereocenters. The van der Waals surface area contributed by atoms with Crippen molar-refractivity contribution in [2.45, 2.75) is 386 Å². The lowest BCUT2D eigenvalue weighted by Gasteiger charge is -2.50. The summed E-state index contributed by atoms with van der Waals surface area (Å²) < 4.78 is 59.0. The summed E-state index contributed by atoms with van der Waals surface area (Å²) in [5.74, 6) is -1.89. The summed E-state index contributed by atoms with van der Waals surface area (Å²) in [6.07, 6.45) is -6.54. The number of carbonyl (C=O) groups is 3. The molecule has 0 aromatic heterocycles. The molecule has 602 valence electrons. The number of nitrogens with one attached hydrogen (secondary N) is 3. The molecule has 0 aliphatic carbocycles. The number of rotatable bonds is 51. The second-order valence-corrected chi connectivity index (χ2v) is 28.6. The highest BCUT2D eigenvalue weighted by molar-refractivity contribution is 5.76. The van der Waals surface area contributed by atoms with Crippen LogP contribution in [0.15, 0.2) is 12.2 Å². The van der Waals surface area contributed by atoms with Gasteiger partial charge in [0.25, 0.3) is 0 Å². The lowest BCUT2D eigenvalue weighted by Crippen LogP contribution is -2.70. The second kappa shape index (κ2) is 50.0. The molecule has 3 amide bonds. The van der Waals surface area contributed by atoms with E-state index in [0.717, 1.165) is 65.2 Å². The predicted molar refractivity (Wildman–Crippen MR) is 370 cm³/mol. The van der Waals surface area contributed by atoms with Crippen molar-refractivity contribution in [3.63, 3.8) is 0 Å². The van der Waals surface area contributed by atoms with Gasteiger partial charge in [0, 0.05) is 20.3 Å². The van der Waals surface area contributed by atoms with Gasteiger partial charge >= 0.3 is 0 Å². The SMILES string of the molecule is CCCCCCCCCCCCC/C=C/[C@@H](O)[C@H](CO[C@@H]1OC(CO)[C@@H](O[C@@H]2OC(CO)[C@H](O)[C@H](O[C@@H]3OC(CO)[C@@H](O[C@@H]4OC(CO)[C@H](O)[C@H](O[C@H]5OC(CO)[C@@H](O)[C@H](O)C5NC(C)=O)C4O)[C@H](O)C3NC(C)=O)C2O)[C@H](O)C1O)NC(=O)CCCCCCCCCCCCCCCCCCC. The van der Waals surface area contributed by atoms with Crippen LogP contribution >= 0.6 is 0 Å². The molecule has 5 saturated heterocycles. The summed E-state index contributed by atoms with van der Waals surface area (Å²) in [6, 6.07) is -4.39. The molecule has 0 aromatic rings. The zero-order chi connectivity index (χ0) is 75.4. The smallest absolute Gasteiger partial charge is 0.220 e. The van der Waals surface area contributed by atoms with Crippen molar-refractivity contribution >= 4 is 17.7 Å². The lowest BCUT2D eigenvalue weighted by molar-refractivity contribution is -0.385. The first-order valence-corrected chi connectivity index (χ1v) is 38.5. The van der Waals surface area contributed by atoms with Crippen molar-refractivity contribution in [3.8, 4) is 0 Å². The number of unbranched alkanes of at least 4 members (excludes halogenated alkanes) is 27. The van der Waals surface area contributed by atoms with Gasteiger partial charge in [-0.15, -0.1) is 0 Å². The number of hydrogen-bond acceptors (Lipinski definition) is 28. The monoisotopic (exact) mass is 1490 g/mol. The Labute approximate surface area is 607 Å². The number of aliphatic hydroxyl groups is 15. The van der Waals surface area contributed by atoms with Gasteiger partial charge < -0.3 is 140 Å². The fourth-order valence-electron chi connectivity index (χ4n) is 14.0. The van der Waals surface area contributed by atoms with Crippen LogP contribution in [-0.2, 0) is 61.8 Å². The topological polar surface area (TPSA) is 483 Å². The molecule has 5 aliphatic heterocycles. The van der Waals surface area contributed by atoms with Gasteiger partial charge in [-0.2, -0.15) is 0 Å². The first kappa shape index (κ1) is 90.8. The van der Waals surface area contributed by atoms with E-state index in [4.69, 9.17) is 47.4 Å². The van der Waals surface area contributed by atoms with E-state index in [1.807, 2.05) is 6.08 Å². The Morgan fingerprint density at radius 3 is 1.13 bits per heavy atom. The Bertz CT molecular complexity index is 2310. The molecule has 0 radical (unpaired) electrons. The van der Waals surface area contributed by atoms with Gasteiger partial charge in [-0.1, -0.05) is 193 Å². The van der Waals surface area contributed by atoms with Crippen LogP contribution in [0.2, 0.25) is 0 Å². The third-order valence-corrected chi connectivity index (χ3v) is 20.1. The van der Waals surface area contributed by atoms with Crippen LogP contribution in [0, 0.1) is 0 Å². The van der Waals surface area contributed by atoms with Crippen molar-refractivity contribution in [3.05, 3.63) is 12.2 Å². The van der Waals surface area contributed by atoms with Crippen LogP contribution in [0.1, 0.15) is 220 Å². The third-order valence-electron chi connectivity index (χ3n) is 20.1. The molecule has 31 heteroatoms. The van der Waals surface area contributed by atoms with E-state index in [2.05, 4.69) is 29.8 Å². The number of hydrogen-bond donors (Lipinski definition) is 18. The molecule has 0 spiro atoms. The average molecular weight is 1490 g/mol. The van der Waals surface area contributed by atoms with Crippen LogP contribution in [0.3, 0.4) is 0 Å². The molecule has 5 aliphatic rings. The maximum absolute atomic E-state index is 13.5. The van der Waals surface area contributed by atoms with E-state index in [1.54, 1.807) is 6.08 Å². The summed E-state index contributed by atoms with van der Waals surface area (Å²) >= 11 is 0. The number of carbonyl (C=O) groups excluding carboxylic acids is 3. The minimum absolute atomic E-state index is 0.191. The Balaban J connectivity index is 1.21. The van der Waals surface area contributed by atoms with Gasteiger partial charge in [0.05, 0.1) is 51.8 Å². The molecule has 5 rings (SSSR count). The van der Waals surface area contributed by atoms with Crippen LogP contribution in [0.5, 0.6) is 0 Å². The molecule has 5 fully saturated rings. The molecule has 18 N–H and O–H groups in total. The van der Waals surface area contributed by atoms with Crippen LogP contribution in [-0.4, -0.2) is 300 Å². The largest absolute Gasteiger partial charge is 0.394 e. The molecular weight excluding hydrogens is 1350 g/mol. The number of aliphatic hydroxyl groups excluding tert-OH is 15. The molecule has 0 saturated carbocycles. The second-order valence-electron chi connectivity index (χ2n) is 28.6. The maximum atomic E-state index is 13.5. The van der Waals surface area contributed by atoms with Crippen LogP contribution < -0.4 is 16.0 Å². The zero-order valence-electron chi connectivity index (χ0n) is 61.2. The average Bonchev–Trinajstić information content (AvgIpc) is 0.774. The van der Waals surface area contributed by atoms with Crippen LogP contribution in [0.25, 0.3) is 0 Å². The molecular formula is C72H131N3O28. The highest BCUT2D eigenvalue weighted by atomic mass is 16.8. The van der Waals surface area contributed by atoms with E-state index in [-0.39, 0.29) is 12.3 Å². The molecule has 5 heterocycles. The molecule has 0 bridgehead atoms. The molecule has 103 heavy (non-hydrogen) atoms. The Morgan fingerprint density at radius 1 is 0.379 bits per heavy atom. The summed E-state index contributed by atoms with van der Waals surface area (Å²) in [5.41, 5.74) is 0. The summed E-state index contributed by atoms with van der Waals surface area (Å²) in [5, 5.41) is 174. The predicted octanol–water partition coefficient (Wildman–Crippen LogP) is 0.532. The normalized spacial score (nSPS) is 34.9.